The third-order valence-electron chi connectivity index (χ3n) is 2.16. The topological polar surface area (TPSA) is 67.1 Å². The van der Waals surface area contributed by atoms with Crippen molar-refractivity contribution in [2.75, 3.05) is 24.6 Å². The molecule has 1 saturated heterocycles. The van der Waals surface area contributed by atoms with Gasteiger partial charge >= 0.3 is 6.03 Å². The molecule has 4 N–H and O–H groups in total. The summed E-state index contributed by atoms with van der Waals surface area (Å²) in [5, 5.41) is 5.76. The Kier molecular flexibility index (Phi) is 5.78. The van der Waals surface area contributed by atoms with E-state index in [2.05, 4.69) is 10.6 Å². The summed E-state index contributed by atoms with van der Waals surface area (Å²) in [5.74, 6) is 2.28. The van der Waals surface area contributed by atoms with E-state index in [1.165, 1.54) is 12.2 Å². The minimum absolute atomic E-state index is 0.0500. The van der Waals surface area contributed by atoms with Gasteiger partial charge in [-0.2, -0.15) is 11.8 Å². The summed E-state index contributed by atoms with van der Waals surface area (Å²) in [5.41, 5.74) is 5.32. The molecule has 1 atom stereocenters. The monoisotopic (exact) mass is 217 g/mol. The second kappa shape index (κ2) is 6.95. The highest BCUT2D eigenvalue weighted by Crippen LogP contribution is 2.16. The number of carbonyl (C=O) groups is 1. The average molecular weight is 217 g/mol. The van der Waals surface area contributed by atoms with Crippen LogP contribution in [-0.2, 0) is 0 Å². The lowest BCUT2D eigenvalue weighted by Crippen LogP contribution is -2.44. The fourth-order valence-electron chi connectivity index (χ4n) is 1.39. The molecule has 1 unspecified atom stereocenters. The molecule has 0 aromatic carbocycles. The van der Waals surface area contributed by atoms with Crippen LogP contribution in [0.1, 0.15) is 19.3 Å². The van der Waals surface area contributed by atoms with Gasteiger partial charge in [-0.25, -0.2) is 4.79 Å². The van der Waals surface area contributed by atoms with Crippen LogP contribution < -0.4 is 16.4 Å². The predicted molar refractivity (Wildman–Crippen MR) is 60.6 cm³/mol. The van der Waals surface area contributed by atoms with Crippen LogP contribution in [0.5, 0.6) is 0 Å². The number of nitrogens with one attached hydrogen (secondary N) is 2. The van der Waals surface area contributed by atoms with Gasteiger partial charge < -0.3 is 16.4 Å². The second-order valence-electron chi connectivity index (χ2n) is 3.46. The molecule has 0 aliphatic carbocycles. The Balaban J connectivity index is 2.06. The van der Waals surface area contributed by atoms with E-state index < -0.39 is 0 Å². The van der Waals surface area contributed by atoms with E-state index in [1.54, 1.807) is 0 Å². The Morgan fingerprint density at radius 1 is 1.57 bits per heavy atom. The quantitative estimate of drug-likeness (QED) is 0.602. The maximum absolute atomic E-state index is 11.3. The molecule has 0 bridgehead atoms. The summed E-state index contributed by atoms with van der Waals surface area (Å²) >= 11 is 1.91. The van der Waals surface area contributed by atoms with Gasteiger partial charge in [0.1, 0.15) is 0 Å². The molecule has 1 heterocycles. The van der Waals surface area contributed by atoms with Crippen LogP contribution in [-0.4, -0.2) is 36.7 Å². The smallest absolute Gasteiger partial charge is 0.315 e. The third-order valence-corrected chi connectivity index (χ3v) is 3.38. The zero-order valence-corrected chi connectivity index (χ0v) is 9.24. The van der Waals surface area contributed by atoms with E-state index in [-0.39, 0.29) is 6.03 Å². The molecule has 4 nitrogen and oxygen atoms in total. The summed E-state index contributed by atoms with van der Waals surface area (Å²) in [4.78, 5) is 11.3. The number of hydrogen-bond acceptors (Lipinski definition) is 3. The lowest BCUT2D eigenvalue weighted by atomic mass is 10.2. The van der Waals surface area contributed by atoms with Gasteiger partial charge in [0, 0.05) is 18.3 Å². The minimum atomic E-state index is -0.0500. The molecule has 0 saturated carbocycles. The Bertz CT molecular complexity index is 171. The van der Waals surface area contributed by atoms with E-state index in [9.17, 15) is 4.79 Å². The van der Waals surface area contributed by atoms with Gasteiger partial charge in [0.15, 0.2) is 0 Å². The van der Waals surface area contributed by atoms with Gasteiger partial charge in [-0.15, -0.1) is 0 Å². The molecule has 5 heteroatoms. The molecular formula is C9H19N3OS. The third kappa shape index (κ3) is 4.72. The summed E-state index contributed by atoms with van der Waals surface area (Å²) < 4.78 is 0. The highest BCUT2D eigenvalue weighted by Gasteiger charge is 2.15. The molecule has 0 spiro atoms. The second-order valence-corrected chi connectivity index (χ2v) is 4.61. The van der Waals surface area contributed by atoms with E-state index in [1.807, 2.05) is 11.8 Å². The van der Waals surface area contributed by atoms with Crippen molar-refractivity contribution in [3.05, 3.63) is 0 Å². The average Bonchev–Trinajstić information content (AvgIpc) is 2.20. The Labute approximate surface area is 89.4 Å². The summed E-state index contributed by atoms with van der Waals surface area (Å²) in [6.45, 7) is 1.29. The van der Waals surface area contributed by atoms with Crippen molar-refractivity contribution in [3.63, 3.8) is 0 Å². The summed E-state index contributed by atoms with van der Waals surface area (Å²) in [7, 11) is 0. The van der Waals surface area contributed by atoms with Crippen molar-refractivity contribution < 1.29 is 4.79 Å². The van der Waals surface area contributed by atoms with Crippen LogP contribution in [0.15, 0.2) is 0 Å². The number of urea groups is 1. The molecule has 0 aromatic rings. The van der Waals surface area contributed by atoms with E-state index >= 15 is 0 Å². The first-order valence-corrected chi connectivity index (χ1v) is 6.30. The zero-order chi connectivity index (χ0) is 10.2. The predicted octanol–water partition coefficient (Wildman–Crippen LogP) is 0.530. The van der Waals surface area contributed by atoms with Crippen LogP contribution in [0, 0.1) is 0 Å². The first-order valence-electron chi connectivity index (χ1n) is 5.15. The first kappa shape index (κ1) is 11.7. The zero-order valence-electron chi connectivity index (χ0n) is 8.42. The van der Waals surface area contributed by atoms with Gasteiger partial charge in [-0.1, -0.05) is 0 Å². The normalized spacial score (nSPS) is 21.6. The molecule has 82 valence electrons. The largest absolute Gasteiger partial charge is 0.338 e. The molecule has 1 rings (SSSR count). The number of rotatable bonds is 4. The van der Waals surface area contributed by atoms with Crippen LogP contribution in [0.2, 0.25) is 0 Å². The van der Waals surface area contributed by atoms with Crippen LogP contribution >= 0.6 is 11.8 Å². The van der Waals surface area contributed by atoms with Crippen molar-refractivity contribution in [2.24, 2.45) is 5.73 Å². The summed E-state index contributed by atoms with van der Waals surface area (Å²) in [6.07, 6.45) is 3.16. The maximum Gasteiger partial charge on any atom is 0.315 e. The molecule has 2 amide bonds. The number of hydrogen-bond donors (Lipinski definition) is 3. The lowest BCUT2D eigenvalue weighted by Gasteiger charge is -2.22. The van der Waals surface area contributed by atoms with Gasteiger partial charge in [-0.3, -0.25) is 0 Å². The van der Waals surface area contributed by atoms with E-state index in [4.69, 9.17) is 5.73 Å². The van der Waals surface area contributed by atoms with Gasteiger partial charge in [0.05, 0.1) is 0 Å². The fourth-order valence-corrected chi connectivity index (χ4v) is 2.47. The first-order chi connectivity index (χ1) is 6.83. The Morgan fingerprint density at radius 3 is 3.07 bits per heavy atom. The number of amides is 2. The maximum atomic E-state index is 11.3. The molecule has 1 aliphatic rings. The van der Waals surface area contributed by atoms with Gasteiger partial charge in [0.2, 0.25) is 0 Å². The minimum Gasteiger partial charge on any atom is -0.338 e. The molecule has 14 heavy (non-hydrogen) atoms. The van der Waals surface area contributed by atoms with Crippen molar-refractivity contribution in [1.82, 2.24) is 10.6 Å². The molecule has 1 fully saturated rings. The van der Waals surface area contributed by atoms with Crippen molar-refractivity contribution in [3.8, 4) is 0 Å². The lowest BCUT2D eigenvalue weighted by molar-refractivity contribution is 0.237. The van der Waals surface area contributed by atoms with E-state index in [0.29, 0.717) is 19.1 Å². The molecule has 0 radical (unpaired) electrons. The highest BCUT2D eigenvalue weighted by molar-refractivity contribution is 7.99. The Hall–Kier alpha value is -0.420. The Morgan fingerprint density at radius 2 is 2.43 bits per heavy atom. The highest BCUT2D eigenvalue weighted by atomic mass is 32.2. The number of thioether (sulfide) groups is 1. The van der Waals surface area contributed by atoms with E-state index in [0.717, 1.165) is 18.6 Å². The van der Waals surface area contributed by atoms with Crippen LogP contribution in [0.3, 0.4) is 0 Å². The van der Waals surface area contributed by atoms with Crippen LogP contribution in [0.4, 0.5) is 4.79 Å². The summed E-state index contributed by atoms with van der Waals surface area (Å²) in [6, 6.07) is 0.303. The molecule has 1 aliphatic heterocycles. The number of nitrogens with two attached hydrogens (primary N) is 1. The van der Waals surface area contributed by atoms with Crippen molar-refractivity contribution in [1.29, 1.82) is 0 Å². The molecule has 0 aromatic heterocycles. The van der Waals surface area contributed by atoms with Crippen molar-refractivity contribution in [2.45, 2.75) is 25.3 Å². The van der Waals surface area contributed by atoms with Gasteiger partial charge in [-0.05, 0) is 31.6 Å². The van der Waals surface area contributed by atoms with Crippen molar-refractivity contribution >= 4 is 17.8 Å². The van der Waals surface area contributed by atoms with Crippen LogP contribution in [0.25, 0.3) is 0 Å². The number of carbonyl (C=O) groups excluding carboxylic acids is 1. The standard InChI is InChI=1S/C9H19N3OS/c10-4-2-5-11-9(13)12-8-3-1-6-14-7-8/h8H,1-7,10H2,(H2,11,12,13). The molecular weight excluding hydrogens is 198 g/mol. The SMILES string of the molecule is NCCCNC(=O)NC1CCCSC1. The van der Waals surface area contributed by atoms with Gasteiger partial charge in [0.25, 0.3) is 0 Å². The fraction of sp³-hybridized carbons (Fsp3) is 0.889.